The zero-order valence-corrected chi connectivity index (χ0v) is 34.9. The Kier molecular flexibility index (Phi) is 20.4. The van der Waals surface area contributed by atoms with Crippen LogP contribution in [0.1, 0.15) is 0 Å². The maximum absolute atomic E-state index is 4.41. The Bertz CT molecular complexity index is 1590. The molecule has 0 bridgehead atoms. The van der Waals surface area contributed by atoms with Crippen LogP contribution in [-0.4, -0.2) is 31.4 Å². The van der Waals surface area contributed by atoms with Crippen LogP contribution in [0.4, 0.5) is 0 Å². The number of rotatable bonds is 5. The number of nitrogens with zero attached hydrogens (tertiary/aromatic N) is 3. The second-order valence-corrected chi connectivity index (χ2v) is 15.2. The van der Waals surface area contributed by atoms with Gasteiger partial charge in [0.15, 0.2) is 0 Å². The van der Waals surface area contributed by atoms with E-state index in [1.807, 2.05) is 103 Å². The molecule has 0 spiro atoms. The molecule has 0 aliphatic heterocycles. The molecule has 0 atom stereocenters. The summed E-state index contributed by atoms with van der Waals surface area (Å²) in [6.45, 7) is 6.88. The Morgan fingerprint density at radius 1 is 0.578 bits per heavy atom. The minimum atomic E-state index is -1.29. The van der Waals surface area contributed by atoms with Crippen molar-refractivity contribution in [2.24, 2.45) is 0 Å². The molecule has 4 aromatic carbocycles. The Morgan fingerprint density at radius 2 is 1.11 bits per heavy atom. The first-order valence-corrected chi connectivity index (χ1v) is 16.5. The van der Waals surface area contributed by atoms with Gasteiger partial charge in [0, 0.05) is 79.8 Å². The van der Waals surface area contributed by atoms with E-state index in [9.17, 15) is 0 Å². The van der Waals surface area contributed by atoms with Gasteiger partial charge in [-0.25, -0.2) is 42.0 Å². The fourth-order valence-electron chi connectivity index (χ4n) is 3.89. The first-order chi connectivity index (χ1) is 19.5. The maximum atomic E-state index is 4.41. The molecule has 0 saturated carbocycles. The molecule has 8 heteroatoms. The summed E-state index contributed by atoms with van der Waals surface area (Å²) in [4.78, 5) is 13.2. The third-order valence-corrected chi connectivity index (χ3v) is 8.12. The van der Waals surface area contributed by atoms with Crippen LogP contribution >= 0.6 is 0 Å². The summed E-state index contributed by atoms with van der Waals surface area (Å²) in [6, 6.07) is 48.8. The van der Waals surface area contributed by atoms with E-state index in [0.29, 0.717) is 0 Å². The molecule has 6 aromatic rings. The maximum Gasteiger partial charge on any atom is 3.00 e. The van der Waals surface area contributed by atoms with Gasteiger partial charge >= 0.3 is 32.7 Å². The fourth-order valence-corrected chi connectivity index (χ4v) is 4.79. The zero-order valence-electron chi connectivity index (χ0n) is 25.8. The molecule has 45 heavy (non-hydrogen) atoms. The monoisotopic (exact) mass is 926 g/mol. The summed E-state index contributed by atoms with van der Waals surface area (Å²) in [5.74, 6) is 0.752. The smallest absolute Gasteiger partial charge is 0.408 e. The summed E-state index contributed by atoms with van der Waals surface area (Å²) >= 11 is 0. The van der Waals surface area contributed by atoms with E-state index in [0.717, 1.165) is 44.9 Å². The van der Waals surface area contributed by atoms with Crippen LogP contribution in [-0.2, 0) is 85.5 Å². The van der Waals surface area contributed by atoms with Crippen molar-refractivity contribution >= 4 is 21.7 Å². The van der Waals surface area contributed by atoms with E-state index < -0.39 is 8.07 Å². The zero-order chi connectivity index (χ0) is 27.8. The summed E-state index contributed by atoms with van der Waals surface area (Å²) in [7, 11) is -1.29. The molecule has 0 amide bonds. The van der Waals surface area contributed by atoms with Gasteiger partial charge in [0.05, 0.1) is 13.9 Å². The quantitative estimate of drug-likeness (QED) is 0.132. The van der Waals surface area contributed by atoms with Crippen LogP contribution in [0.25, 0.3) is 44.9 Å². The van der Waals surface area contributed by atoms with E-state index >= 15 is 0 Å². The second kappa shape index (κ2) is 21.2. The largest absolute Gasteiger partial charge is 3.00 e. The van der Waals surface area contributed by atoms with E-state index in [2.05, 4.69) is 71.0 Å². The summed E-state index contributed by atoms with van der Waals surface area (Å²) in [5, 5.41) is 1.28. The van der Waals surface area contributed by atoms with Crippen molar-refractivity contribution in [1.29, 1.82) is 0 Å². The molecule has 0 N–H and O–H groups in total. The summed E-state index contributed by atoms with van der Waals surface area (Å²) < 4.78 is 0. The summed E-state index contributed by atoms with van der Waals surface area (Å²) in [5.41, 5.74) is 6.46. The van der Waals surface area contributed by atoms with Crippen LogP contribution < -0.4 is 5.19 Å². The van der Waals surface area contributed by atoms with E-state index in [1.54, 1.807) is 6.20 Å². The molecule has 6 rings (SSSR count). The number of pyridine rings is 1. The second-order valence-electron chi connectivity index (χ2n) is 10.1. The number of benzene rings is 4. The standard InChI is InChI=1S/C23H12N.C13H15N2Si.CH3.B.Ir.2Y/c1-2-8-18(9-3-1)19-10-6-11-20(16-19)21-12-7-13-22(17-21)23-14-4-5-15-24-23;1-16(2,3)12-9-14-13(15-10-12)11-7-5-4-6-8-11;;;;;/h1-8,11-12,14-15H;4-7,9-10H,1-3H3;1H3;;;;/q-5;2*-1;;;;+3. The van der Waals surface area contributed by atoms with Crippen LogP contribution in [0.15, 0.2) is 110 Å². The van der Waals surface area contributed by atoms with Gasteiger partial charge < -0.3 is 41.2 Å². The SMILES string of the molecule is C[Si](C)(C)c1cnc(-c2[c-]cccc2)nc1.[B].[CH3-].[Ir].[Y+3].[Y].[c-]1ccc(-c2[c-]c(-c3ccccn3)[c-]cc2)[c-]c1-c1[c-]cccc1. The molecular weight excluding hydrogens is 895 g/mol. The van der Waals surface area contributed by atoms with E-state index in [4.69, 9.17) is 0 Å². The van der Waals surface area contributed by atoms with Gasteiger partial charge in [-0.3, -0.25) is 27.7 Å². The predicted octanol–water partition coefficient (Wildman–Crippen LogP) is 7.63. The molecule has 3 nitrogen and oxygen atoms in total. The molecule has 0 aliphatic carbocycles. The molecule has 2 aromatic heterocycles. The van der Waals surface area contributed by atoms with Crippen molar-refractivity contribution in [2.75, 3.05) is 0 Å². The number of aromatic nitrogens is 3. The Hall–Kier alpha value is -1.75. The van der Waals surface area contributed by atoms with Crippen LogP contribution in [0.3, 0.4) is 0 Å². The normalized spacial score (nSPS) is 9.67. The van der Waals surface area contributed by atoms with Gasteiger partial charge in [-0.2, -0.15) is 12.1 Å². The first kappa shape index (κ1) is 43.2. The number of hydrogen-bond acceptors (Lipinski definition) is 3. The third kappa shape index (κ3) is 12.4. The molecule has 5 radical (unpaired) electrons. The molecule has 0 unspecified atom stereocenters. The molecule has 0 aliphatic rings. The fraction of sp³-hybridized carbons (Fsp3) is 0.0811. The van der Waals surface area contributed by atoms with Gasteiger partial charge in [-0.1, -0.05) is 31.4 Å². The molecule has 0 fully saturated rings. The van der Waals surface area contributed by atoms with Crippen molar-refractivity contribution in [1.82, 2.24) is 15.0 Å². The Morgan fingerprint density at radius 3 is 1.62 bits per heavy atom. The van der Waals surface area contributed by atoms with E-state index in [1.165, 1.54) is 5.19 Å². The van der Waals surface area contributed by atoms with Crippen molar-refractivity contribution in [3.8, 4) is 44.9 Å². The minimum Gasteiger partial charge on any atom is -0.408 e. The van der Waals surface area contributed by atoms with Crippen LogP contribution in [0.2, 0.25) is 19.6 Å². The van der Waals surface area contributed by atoms with Gasteiger partial charge in [-0.15, -0.1) is 48.0 Å². The number of hydrogen-bond donors (Lipinski definition) is 0. The Balaban J connectivity index is 0.000000824. The predicted molar refractivity (Wildman–Crippen MR) is 176 cm³/mol. The van der Waals surface area contributed by atoms with Crippen molar-refractivity contribution < 1.29 is 85.5 Å². The van der Waals surface area contributed by atoms with Gasteiger partial charge in [0.2, 0.25) is 0 Å². The van der Waals surface area contributed by atoms with Crippen molar-refractivity contribution in [3.63, 3.8) is 0 Å². The Labute approximate surface area is 336 Å². The molecule has 219 valence electrons. The average Bonchev–Trinajstić information content (AvgIpc) is 3.02. The summed E-state index contributed by atoms with van der Waals surface area (Å²) in [6.07, 6.45) is 5.68. The topological polar surface area (TPSA) is 38.7 Å². The average molecular weight is 926 g/mol. The van der Waals surface area contributed by atoms with E-state index in [-0.39, 0.29) is 101 Å². The van der Waals surface area contributed by atoms with Crippen molar-refractivity contribution in [2.45, 2.75) is 19.6 Å². The van der Waals surface area contributed by atoms with Gasteiger partial charge in [0.1, 0.15) is 0 Å². The minimum absolute atomic E-state index is 0. The van der Waals surface area contributed by atoms with Gasteiger partial charge in [-0.05, 0) is 11.3 Å². The van der Waals surface area contributed by atoms with Crippen molar-refractivity contribution in [3.05, 3.63) is 153 Å². The molecule has 0 saturated heterocycles. The van der Waals surface area contributed by atoms with Crippen LogP contribution in [0, 0.1) is 43.8 Å². The first-order valence-electron chi connectivity index (χ1n) is 13.0. The van der Waals surface area contributed by atoms with Gasteiger partial charge in [0.25, 0.3) is 0 Å². The molecular formula is C37H30BIrN3SiY2-4. The van der Waals surface area contributed by atoms with Crippen LogP contribution in [0.5, 0.6) is 0 Å². The third-order valence-electron chi connectivity index (χ3n) is 6.13. The molecule has 2 heterocycles.